The van der Waals surface area contributed by atoms with Gasteiger partial charge in [0.2, 0.25) is 5.13 Å². The van der Waals surface area contributed by atoms with Crippen LogP contribution in [0.3, 0.4) is 0 Å². The van der Waals surface area contributed by atoms with E-state index in [2.05, 4.69) is 15.5 Å². The number of fused-ring (bicyclic) bond motifs is 1. The van der Waals surface area contributed by atoms with Crippen molar-refractivity contribution < 1.29 is 13.6 Å². The summed E-state index contributed by atoms with van der Waals surface area (Å²) >= 11 is 8.67. The summed E-state index contributed by atoms with van der Waals surface area (Å²) in [5.74, 6) is 0.0223. The highest BCUT2D eigenvalue weighted by Crippen LogP contribution is 2.30. The SMILES string of the molecule is Cc1c(C(=O)Nc2nnc(SCc3ccc(Cl)cc3)s2)oc2ccc(F)cc12. The highest BCUT2D eigenvalue weighted by molar-refractivity contribution is 8.00. The molecule has 0 radical (unpaired) electrons. The van der Waals surface area contributed by atoms with Gasteiger partial charge < -0.3 is 4.42 Å². The standard InChI is InChI=1S/C19H13ClFN3O2S2/c1-10-14-8-13(21)6-7-15(14)26-16(10)17(25)22-18-23-24-19(28-18)27-9-11-2-4-12(20)5-3-11/h2-8H,9H2,1H3,(H,22,23,25). The van der Waals surface area contributed by atoms with Crippen LogP contribution in [-0.4, -0.2) is 16.1 Å². The molecule has 5 nitrogen and oxygen atoms in total. The normalized spacial score (nSPS) is 11.1. The third-order valence-corrected chi connectivity index (χ3v) is 6.30. The molecule has 0 atom stereocenters. The van der Waals surface area contributed by atoms with Gasteiger partial charge in [0.25, 0.3) is 5.91 Å². The van der Waals surface area contributed by atoms with Crippen molar-refractivity contribution in [1.82, 2.24) is 10.2 Å². The number of furan rings is 1. The number of hydrogen-bond donors (Lipinski definition) is 1. The number of halogens is 2. The van der Waals surface area contributed by atoms with Crippen molar-refractivity contribution in [2.75, 3.05) is 5.32 Å². The third kappa shape index (κ3) is 4.04. The summed E-state index contributed by atoms with van der Waals surface area (Å²) in [6.07, 6.45) is 0. The van der Waals surface area contributed by atoms with Crippen LogP contribution in [0.1, 0.15) is 21.7 Å². The number of nitrogens with zero attached hydrogens (tertiary/aromatic N) is 2. The number of benzene rings is 2. The molecule has 0 aliphatic rings. The summed E-state index contributed by atoms with van der Waals surface area (Å²) in [6, 6.07) is 11.7. The average molecular weight is 434 g/mol. The first kappa shape index (κ1) is 18.9. The molecule has 2 aromatic heterocycles. The molecule has 1 amide bonds. The summed E-state index contributed by atoms with van der Waals surface area (Å²) in [7, 11) is 0. The molecule has 0 saturated heterocycles. The zero-order chi connectivity index (χ0) is 19.7. The molecule has 0 unspecified atom stereocenters. The van der Waals surface area contributed by atoms with E-state index in [1.807, 2.05) is 24.3 Å². The Hall–Kier alpha value is -2.42. The van der Waals surface area contributed by atoms with Gasteiger partial charge in [0.1, 0.15) is 11.4 Å². The molecule has 0 spiro atoms. The van der Waals surface area contributed by atoms with Crippen LogP contribution in [0, 0.1) is 12.7 Å². The van der Waals surface area contributed by atoms with E-state index < -0.39 is 5.91 Å². The van der Waals surface area contributed by atoms with E-state index in [4.69, 9.17) is 16.0 Å². The van der Waals surface area contributed by atoms with E-state index in [9.17, 15) is 9.18 Å². The largest absolute Gasteiger partial charge is 0.451 e. The van der Waals surface area contributed by atoms with Crippen LogP contribution in [0.15, 0.2) is 51.2 Å². The molecular formula is C19H13ClFN3O2S2. The van der Waals surface area contributed by atoms with Crippen molar-refractivity contribution in [2.45, 2.75) is 17.0 Å². The number of nitrogens with one attached hydrogen (secondary N) is 1. The zero-order valence-corrected chi connectivity index (χ0v) is 16.9. The van der Waals surface area contributed by atoms with E-state index in [0.717, 1.165) is 9.90 Å². The molecule has 2 aromatic carbocycles. The fraction of sp³-hybridized carbons (Fsp3) is 0.105. The minimum atomic E-state index is -0.445. The predicted octanol–water partition coefficient (Wildman–Crippen LogP) is 5.93. The van der Waals surface area contributed by atoms with Crippen LogP contribution >= 0.6 is 34.7 Å². The van der Waals surface area contributed by atoms with E-state index >= 15 is 0 Å². The number of aromatic nitrogens is 2. The Balaban J connectivity index is 1.44. The molecule has 2 heterocycles. The fourth-order valence-corrected chi connectivity index (χ4v) is 4.44. The highest BCUT2D eigenvalue weighted by Gasteiger charge is 2.19. The Bertz CT molecular complexity index is 1160. The molecule has 0 aliphatic carbocycles. The Labute approximate surface area is 172 Å². The zero-order valence-electron chi connectivity index (χ0n) is 14.5. The number of rotatable bonds is 5. The lowest BCUT2D eigenvalue weighted by molar-refractivity contribution is 0.0998. The van der Waals surface area contributed by atoms with Crippen LogP contribution in [0.25, 0.3) is 11.0 Å². The molecular weight excluding hydrogens is 421 g/mol. The number of thioether (sulfide) groups is 1. The van der Waals surface area contributed by atoms with Gasteiger partial charge in [-0.15, -0.1) is 10.2 Å². The molecule has 0 saturated carbocycles. The Morgan fingerprint density at radius 1 is 1.25 bits per heavy atom. The van der Waals surface area contributed by atoms with E-state index in [0.29, 0.717) is 32.4 Å². The number of carbonyl (C=O) groups is 1. The number of hydrogen-bond acceptors (Lipinski definition) is 6. The smallest absolute Gasteiger partial charge is 0.293 e. The van der Waals surface area contributed by atoms with Crippen molar-refractivity contribution in [3.8, 4) is 0 Å². The van der Waals surface area contributed by atoms with Gasteiger partial charge in [0, 0.05) is 21.7 Å². The first-order chi connectivity index (χ1) is 13.5. The molecule has 0 bridgehead atoms. The quantitative estimate of drug-likeness (QED) is 0.312. The van der Waals surface area contributed by atoms with Crippen LogP contribution in [0.5, 0.6) is 0 Å². The van der Waals surface area contributed by atoms with Gasteiger partial charge in [-0.3, -0.25) is 10.1 Å². The van der Waals surface area contributed by atoms with Crippen molar-refractivity contribution in [3.05, 3.63) is 70.2 Å². The van der Waals surface area contributed by atoms with E-state index in [1.165, 1.54) is 41.3 Å². The van der Waals surface area contributed by atoms with Crippen molar-refractivity contribution in [1.29, 1.82) is 0 Å². The average Bonchev–Trinajstić information content (AvgIpc) is 3.26. The monoisotopic (exact) mass is 433 g/mol. The summed E-state index contributed by atoms with van der Waals surface area (Å²) in [5.41, 5.74) is 2.15. The lowest BCUT2D eigenvalue weighted by Gasteiger charge is -1.99. The molecule has 0 aliphatic heterocycles. The van der Waals surface area contributed by atoms with Gasteiger partial charge in [-0.1, -0.05) is 46.8 Å². The number of amides is 1. The van der Waals surface area contributed by atoms with Gasteiger partial charge in [0.15, 0.2) is 10.1 Å². The summed E-state index contributed by atoms with van der Waals surface area (Å²) in [6.45, 7) is 1.72. The Kier molecular flexibility index (Phi) is 5.34. The first-order valence-electron chi connectivity index (χ1n) is 8.20. The predicted molar refractivity (Wildman–Crippen MR) is 110 cm³/mol. The maximum absolute atomic E-state index is 13.4. The Morgan fingerprint density at radius 2 is 2.04 bits per heavy atom. The summed E-state index contributed by atoms with van der Waals surface area (Å²) in [5, 5.41) is 12.4. The fourth-order valence-electron chi connectivity index (χ4n) is 2.61. The molecule has 1 N–H and O–H groups in total. The van der Waals surface area contributed by atoms with Crippen LogP contribution < -0.4 is 5.32 Å². The minimum Gasteiger partial charge on any atom is -0.451 e. The van der Waals surface area contributed by atoms with Gasteiger partial charge in [0.05, 0.1) is 0 Å². The maximum atomic E-state index is 13.4. The van der Waals surface area contributed by atoms with Crippen molar-refractivity contribution in [2.24, 2.45) is 0 Å². The van der Waals surface area contributed by atoms with Crippen LogP contribution in [-0.2, 0) is 5.75 Å². The minimum absolute atomic E-state index is 0.131. The molecule has 0 fully saturated rings. The molecule has 9 heteroatoms. The first-order valence-corrected chi connectivity index (χ1v) is 10.4. The topological polar surface area (TPSA) is 68.0 Å². The number of aryl methyl sites for hydroxylation is 1. The van der Waals surface area contributed by atoms with Crippen molar-refractivity contribution >= 4 is 56.7 Å². The molecule has 4 rings (SSSR count). The van der Waals surface area contributed by atoms with Gasteiger partial charge >= 0.3 is 0 Å². The van der Waals surface area contributed by atoms with Crippen LogP contribution in [0.4, 0.5) is 9.52 Å². The maximum Gasteiger partial charge on any atom is 0.293 e. The second-order valence-corrected chi connectivity index (χ2v) is 8.58. The number of carbonyl (C=O) groups excluding carboxylic acids is 1. The van der Waals surface area contributed by atoms with E-state index in [-0.39, 0.29) is 11.6 Å². The second-order valence-electron chi connectivity index (χ2n) is 5.94. The highest BCUT2D eigenvalue weighted by atomic mass is 35.5. The lowest BCUT2D eigenvalue weighted by Crippen LogP contribution is -2.11. The van der Waals surface area contributed by atoms with Crippen molar-refractivity contribution in [3.63, 3.8) is 0 Å². The Morgan fingerprint density at radius 3 is 2.82 bits per heavy atom. The van der Waals surface area contributed by atoms with Gasteiger partial charge in [-0.2, -0.15) is 0 Å². The lowest BCUT2D eigenvalue weighted by atomic mass is 10.1. The van der Waals surface area contributed by atoms with Crippen LogP contribution in [0.2, 0.25) is 5.02 Å². The van der Waals surface area contributed by atoms with E-state index in [1.54, 1.807) is 6.92 Å². The molecule has 142 valence electrons. The van der Waals surface area contributed by atoms with Gasteiger partial charge in [-0.25, -0.2) is 4.39 Å². The van der Waals surface area contributed by atoms with Gasteiger partial charge in [-0.05, 0) is 42.8 Å². The molecule has 28 heavy (non-hydrogen) atoms. The second kappa shape index (κ2) is 7.90. The molecule has 4 aromatic rings. The number of anilines is 1. The summed E-state index contributed by atoms with van der Waals surface area (Å²) < 4.78 is 19.7. The summed E-state index contributed by atoms with van der Waals surface area (Å²) in [4.78, 5) is 12.5. The third-order valence-electron chi connectivity index (χ3n) is 4.01.